The first-order valence-electron chi connectivity index (χ1n) is 7.57. The average molecular weight is 355 g/mol. The van der Waals surface area contributed by atoms with Gasteiger partial charge in [0.1, 0.15) is 6.10 Å². The van der Waals surface area contributed by atoms with Crippen LogP contribution in [0.1, 0.15) is 5.56 Å². The molecule has 0 aromatic heterocycles. The molecule has 0 saturated carbocycles. The summed E-state index contributed by atoms with van der Waals surface area (Å²) in [6.07, 6.45) is 2.15. The Labute approximate surface area is 144 Å². The first-order valence-corrected chi connectivity index (χ1v) is 9.34. The van der Waals surface area contributed by atoms with Crippen molar-refractivity contribution >= 4 is 35.4 Å². The summed E-state index contributed by atoms with van der Waals surface area (Å²) in [4.78, 5) is 27.6. The summed E-state index contributed by atoms with van der Waals surface area (Å²) >= 11 is 7.50. The Morgan fingerprint density at radius 1 is 1.43 bits per heavy atom. The zero-order chi connectivity index (χ0) is 16.4. The monoisotopic (exact) mass is 354 g/mol. The molecule has 5 nitrogen and oxygen atoms in total. The molecule has 1 aromatic rings. The minimum Gasteiger partial charge on any atom is -0.442 e. The van der Waals surface area contributed by atoms with Crippen LogP contribution in [0.25, 0.3) is 0 Å². The summed E-state index contributed by atoms with van der Waals surface area (Å²) < 4.78 is 5.43. The van der Waals surface area contributed by atoms with Crippen molar-refractivity contribution in [3.8, 4) is 0 Å². The summed E-state index contributed by atoms with van der Waals surface area (Å²) in [5, 5.41) is 0.694. The molecule has 2 saturated heterocycles. The first-order chi connectivity index (χ1) is 11.1. The topological polar surface area (TPSA) is 49.9 Å². The van der Waals surface area contributed by atoms with E-state index in [1.807, 2.05) is 30.5 Å². The molecule has 0 radical (unpaired) electrons. The standard InChI is InChI=1S/C16H19ClN2O3S/c1-23-10-15(20)18-8-13-14(9-18)22-16(21)19(13)6-5-11-3-2-4-12(17)7-11/h2-4,7,13-14H,5-6,8-10H2,1H3/t13-,14+/m1/s1. The van der Waals surface area contributed by atoms with Crippen molar-refractivity contribution in [2.75, 3.05) is 31.6 Å². The van der Waals surface area contributed by atoms with Crippen molar-refractivity contribution in [2.45, 2.75) is 18.6 Å². The molecule has 0 spiro atoms. The van der Waals surface area contributed by atoms with Gasteiger partial charge in [0.15, 0.2) is 0 Å². The summed E-state index contributed by atoms with van der Waals surface area (Å²) in [5.74, 6) is 0.577. The van der Waals surface area contributed by atoms with E-state index in [2.05, 4.69) is 0 Å². The van der Waals surface area contributed by atoms with Gasteiger partial charge in [0.25, 0.3) is 0 Å². The van der Waals surface area contributed by atoms with E-state index < -0.39 is 0 Å². The van der Waals surface area contributed by atoms with Gasteiger partial charge in [-0.25, -0.2) is 4.79 Å². The van der Waals surface area contributed by atoms with E-state index in [1.54, 1.807) is 9.80 Å². The van der Waals surface area contributed by atoms with E-state index in [-0.39, 0.29) is 24.1 Å². The lowest BCUT2D eigenvalue weighted by Gasteiger charge is -2.22. The van der Waals surface area contributed by atoms with Crippen molar-refractivity contribution in [3.05, 3.63) is 34.9 Å². The Morgan fingerprint density at radius 3 is 3.00 bits per heavy atom. The zero-order valence-electron chi connectivity index (χ0n) is 12.9. The van der Waals surface area contributed by atoms with Crippen LogP contribution in [0.4, 0.5) is 4.79 Å². The van der Waals surface area contributed by atoms with Gasteiger partial charge in [0, 0.05) is 18.1 Å². The van der Waals surface area contributed by atoms with Gasteiger partial charge in [-0.2, -0.15) is 11.8 Å². The number of likely N-dealkylation sites (tertiary alicyclic amines) is 1. The number of amides is 2. The summed E-state index contributed by atoms with van der Waals surface area (Å²) in [5.41, 5.74) is 1.09. The molecule has 0 aliphatic carbocycles. The maximum Gasteiger partial charge on any atom is 0.410 e. The Kier molecular flexibility index (Phi) is 5.02. The first kappa shape index (κ1) is 16.5. The van der Waals surface area contributed by atoms with E-state index in [0.717, 1.165) is 12.0 Å². The number of hydrogen-bond donors (Lipinski definition) is 0. The fraction of sp³-hybridized carbons (Fsp3) is 0.500. The second-order valence-corrected chi connectivity index (χ2v) is 7.10. The number of halogens is 1. The van der Waals surface area contributed by atoms with Crippen LogP contribution in [0, 0.1) is 0 Å². The molecule has 1 aromatic carbocycles. The number of thioether (sulfide) groups is 1. The second kappa shape index (κ2) is 7.01. The molecule has 7 heteroatoms. The third-order valence-electron chi connectivity index (χ3n) is 4.27. The number of fused-ring (bicyclic) bond motifs is 1. The lowest BCUT2D eigenvalue weighted by atomic mass is 10.1. The summed E-state index contributed by atoms with van der Waals surface area (Å²) in [6, 6.07) is 7.60. The van der Waals surface area contributed by atoms with Crippen molar-refractivity contribution < 1.29 is 14.3 Å². The molecule has 0 bridgehead atoms. The Morgan fingerprint density at radius 2 is 2.26 bits per heavy atom. The van der Waals surface area contributed by atoms with E-state index in [0.29, 0.717) is 30.4 Å². The lowest BCUT2D eigenvalue weighted by molar-refractivity contribution is -0.127. The highest BCUT2D eigenvalue weighted by molar-refractivity contribution is 7.99. The van der Waals surface area contributed by atoms with Crippen LogP contribution in [-0.4, -0.2) is 65.6 Å². The largest absolute Gasteiger partial charge is 0.442 e. The van der Waals surface area contributed by atoms with Gasteiger partial charge in [-0.15, -0.1) is 0 Å². The lowest BCUT2D eigenvalue weighted by Crippen LogP contribution is -2.40. The van der Waals surface area contributed by atoms with E-state index in [4.69, 9.17) is 16.3 Å². The molecule has 0 N–H and O–H groups in total. The van der Waals surface area contributed by atoms with Crippen molar-refractivity contribution in [2.24, 2.45) is 0 Å². The molecule has 124 valence electrons. The van der Waals surface area contributed by atoms with E-state index in [9.17, 15) is 9.59 Å². The predicted molar refractivity (Wildman–Crippen MR) is 90.9 cm³/mol. The third kappa shape index (κ3) is 3.58. The minimum absolute atomic E-state index is 0.0347. The number of rotatable bonds is 5. The second-order valence-electron chi connectivity index (χ2n) is 5.79. The molecule has 2 atom stereocenters. The van der Waals surface area contributed by atoms with Crippen molar-refractivity contribution in [1.29, 1.82) is 0 Å². The van der Waals surface area contributed by atoms with Crippen LogP contribution in [0.2, 0.25) is 5.02 Å². The molecule has 2 fully saturated rings. The van der Waals surface area contributed by atoms with Crippen LogP contribution in [-0.2, 0) is 16.0 Å². The van der Waals surface area contributed by atoms with Crippen LogP contribution in [0.5, 0.6) is 0 Å². The Hall–Kier alpha value is -1.40. The molecule has 2 aliphatic rings. The normalized spacial score (nSPS) is 23.1. The molecule has 2 heterocycles. The predicted octanol–water partition coefficient (Wildman–Crippen LogP) is 2.28. The SMILES string of the molecule is CSCC(=O)N1C[C@@H]2OC(=O)N(CCc3cccc(Cl)c3)[C@@H]2C1. The number of ether oxygens (including phenoxy) is 1. The molecule has 0 unspecified atom stereocenters. The van der Waals surface area contributed by atoms with Gasteiger partial charge < -0.3 is 9.64 Å². The smallest absolute Gasteiger partial charge is 0.410 e. The molecule has 2 aliphatic heterocycles. The number of hydrogen-bond acceptors (Lipinski definition) is 4. The van der Waals surface area contributed by atoms with Crippen molar-refractivity contribution in [1.82, 2.24) is 9.80 Å². The van der Waals surface area contributed by atoms with Gasteiger partial charge in [-0.05, 0) is 30.4 Å². The number of nitrogens with zero attached hydrogens (tertiary/aromatic N) is 2. The highest BCUT2D eigenvalue weighted by Gasteiger charge is 2.48. The zero-order valence-corrected chi connectivity index (χ0v) is 14.5. The summed E-state index contributed by atoms with van der Waals surface area (Å²) in [6.45, 7) is 1.64. The van der Waals surface area contributed by atoms with Gasteiger partial charge in [-0.1, -0.05) is 23.7 Å². The minimum atomic E-state index is -0.279. The number of carbonyl (C=O) groups is 2. The third-order valence-corrected chi connectivity index (χ3v) is 5.05. The van der Waals surface area contributed by atoms with Gasteiger partial charge in [0.2, 0.25) is 5.91 Å². The fourth-order valence-corrected chi connectivity index (χ4v) is 3.76. The van der Waals surface area contributed by atoms with E-state index >= 15 is 0 Å². The maximum absolute atomic E-state index is 12.0. The van der Waals surface area contributed by atoms with Gasteiger partial charge >= 0.3 is 6.09 Å². The fourth-order valence-electron chi connectivity index (χ4n) is 3.12. The van der Waals surface area contributed by atoms with E-state index in [1.165, 1.54) is 11.8 Å². The van der Waals surface area contributed by atoms with Crippen LogP contribution >= 0.6 is 23.4 Å². The molecule has 23 heavy (non-hydrogen) atoms. The van der Waals surface area contributed by atoms with Crippen LogP contribution in [0.3, 0.4) is 0 Å². The maximum atomic E-state index is 12.0. The molecular weight excluding hydrogens is 336 g/mol. The van der Waals surface area contributed by atoms with Crippen molar-refractivity contribution in [3.63, 3.8) is 0 Å². The van der Waals surface area contributed by atoms with Crippen LogP contribution in [0.15, 0.2) is 24.3 Å². The van der Waals surface area contributed by atoms with Gasteiger partial charge in [0.05, 0.1) is 18.3 Å². The summed E-state index contributed by atoms with van der Waals surface area (Å²) in [7, 11) is 0. The molecular formula is C16H19ClN2O3S. The van der Waals surface area contributed by atoms with Crippen LogP contribution < -0.4 is 0 Å². The Balaban J connectivity index is 1.61. The molecule has 3 rings (SSSR count). The highest BCUT2D eigenvalue weighted by atomic mass is 35.5. The average Bonchev–Trinajstić information content (AvgIpc) is 3.03. The number of carbonyl (C=O) groups excluding carboxylic acids is 2. The molecule has 2 amide bonds. The van der Waals surface area contributed by atoms with Gasteiger partial charge in [-0.3, -0.25) is 9.69 Å². The number of benzene rings is 1. The highest BCUT2D eigenvalue weighted by Crippen LogP contribution is 2.27. The quantitative estimate of drug-likeness (QED) is 0.814. The Bertz CT molecular complexity index is 613.